The van der Waals surface area contributed by atoms with E-state index in [1.807, 2.05) is 13.0 Å². The average molecular weight is 540 g/mol. The number of hydrazone groups is 1. The molecule has 4 aromatic rings. The molecule has 1 unspecified atom stereocenters. The van der Waals surface area contributed by atoms with Gasteiger partial charge in [-0.2, -0.15) is 5.10 Å². The Morgan fingerprint density at radius 1 is 0.973 bits per heavy atom. The fraction of sp³-hybridized carbons (Fsp3) is 0.192. The van der Waals surface area contributed by atoms with Crippen LogP contribution >= 0.6 is 23.1 Å². The second kappa shape index (κ2) is 10.1. The maximum absolute atomic E-state index is 14.9. The summed E-state index contributed by atoms with van der Waals surface area (Å²) >= 11 is 2.55. The van der Waals surface area contributed by atoms with Gasteiger partial charge in [-0.3, -0.25) is 0 Å². The first-order chi connectivity index (χ1) is 17.8. The Balaban J connectivity index is 1.77. The first-order valence-electron chi connectivity index (χ1n) is 11.5. The summed E-state index contributed by atoms with van der Waals surface area (Å²) in [5.41, 5.74) is 8.04. The molecule has 1 aliphatic rings. The SMILES string of the molecule is Cc1nnc(N2N=C(c3cc(F)ccc3F)SC2(CCCN)c2cc(O)ccc2-c2cccc(O)c2)s1. The Hall–Kier alpha value is -3.54. The fourth-order valence-electron chi connectivity index (χ4n) is 4.32. The van der Waals surface area contributed by atoms with E-state index in [9.17, 15) is 19.0 Å². The molecule has 0 saturated heterocycles. The van der Waals surface area contributed by atoms with Crippen LogP contribution in [0, 0.1) is 18.6 Å². The third kappa shape index (κ3) is 4.77. The van der Waals surface area contributed by atoms with Gasteiger partial charge >= 0.3 is 0 Å². The van der Waals surface area contributed by atoms with E-state index in [0.717, 1.165) is 23.8 Å². The lowest BCUT2D eigenvalue weighted by Gasteiger charge is -2.37. The molecule has 0 spiro atoms. The molecule has 3 aromatic carbocycles. The summed E-state index contributed by atoms with van der Waals surface area (Å²) in [5.74, 6) is -1.09. The molecule has 1 atom stereocenters. The number of aromatic nitrogens is 2. The van der Waals surface area contributed by atoms with Crippen LogP contribution in [0.25, 0.3) is 11.1 Å². The number of hydrogen-bond donors (Lipinski definition) is 3. The summed E-state index contributed by atoms with van der Waals surface area (Å²) in [6.07, 6.45) is 0.997. The first-order valence-corrected chi connectivity index (χ1v) is 13.1. The summed E-state index contributed by atoms with van der Waals surface area (Å²) in [7, 11) is 0. The molecular formula is C26H23F2N5O2S2. The Morgan fingerprint density at radius 3 is 2.51 bits per heavy atom. The zero-order valence-corrected chi connectivity index (χ0v) is 21.4. The molecule has 0 saturated carbocycles. The lowest BCUT2D eigenvalue weighted by atomic mass is 9.91. The molecular weight excluding hydrogens is 516 g/mol. The first kappa shape index (κ1) is 25.1. The molecule has 5 rings (SSSR count). The minimum absolute atomic E-state index is 0.0184. The number of aromatic hydroxyl groups is 2. The van der Waals surface area contributed by atoms with E-state index in [0.29, 0.717) is 40.7 Å². The summed E-state index contributed by atoms with van der Waals surface area (Å²) in [6.45, 7) is 2.19. The zero-order chi connectivity index (χ0) is 26.2. The van der Waals surface area contributed by atoms with Crippen molar-refractivity contribution in [3.8, 4) is 22.6 Å². The number of hydrogen-bond acceptors (Lipinski definition) is 9. The lowest BCUT2D eigenvalue weighted by molar-refractivity contribution is 0.469. The largest absolute Gasteiger partial charge is 0.508 e. The van der Waals surface area contributed by atoms with Crippen LogP contribution in [0.15, 0.2) is 65.8 Å². The van der Waals surface area contributed by atoms with Crippen molar-refractivity contribution >= 4 is 33.3 Å². The smallest absolute Gasteiger partial charge is 0.230 e. The van der Waals surface area contributed by atoms with Crippen LogP contribution in [0.1, 0.15) is 29.0 Å². The normalized spacial score (nSPS) is 17.3. The molecule has 4 N–H and O–H groups in total. The van der Waals surface area contributed by atoms with Gasteiger partial charge in [-0.1, -0.05) is 41.3 Å². The van der Waals surface area contributed by atoms with Crippen molar-refractivity contribution in [2.45, 2.75) is 24.6 Å². The van der Waals surface area contributed by atoms with E-state index in [2.05, 4.69) is 10.2 Å². The van der Waals surface area contributed by atoms with Gasteiger partial charge < -0.3 is 15.9 Å². The lowest BCUT2D eigenvalue weighted by Crippen LogP contribution is -2.38. The number of benzene rings is 3. The number of phenolic OH excluding ortho intramolecular Hbond substituents is 2. The van der Waals surface area contributed by atoms with Crippen LogP contribution in [0.3, 0.4) is 0 Å². The number of nitrogens with two attached hydrogens (primary N) is 1. The monoisotopic (exact) mass is 539 g/mol. The molecule has 1 aromatic heterocycles. The molecule has 190 valence electrons. The molecule has 11 heteroatoms. The number of thioether (sulfide) groups is 1. The van der Waals surface area contributed by atoms with Crippen molar-refractivity contribution in [1.29, 1.82) is 0 Å². The molecule has 2 heterocycles. The van der Waals surface area contributed by atoms with Crippen LogP contribution < -0.4 is 10.7 Å². The third-order valence-electron chi connectivity index (χ3n) is 5.95. The number of rotatable bonds is 7. The number of phenols is 2. The highest BCUT2D eigenvalue weighted by Crippen LogP contribution is 2.55. The molecule has 0 bridgehead atoms. The number of halogens is 2. The van der Waals surface area contributed by atoms with E-state index in [-0.39, 0.29) is 22.1 Å². The van der Waals surface area contributed by atoms with E-state index in [4.69, 9.17) is 10.8 Å². The summed E-state index contributed by atoms with van der Waals surface area (Å²) in [4.78, 5) is -1.04. The van der Waals surface area contributed by atoms with Crippen LogP contribution in [0.2, 0.25) is 0 Å². The topological polar surface area (TPSA) is 108 Å². The van der Waals surface area contributed by atoms with Gasteiger partial charge in [0.15, 0.2) is 0 Å². The van der Waals surface area contributed by atoms with E-state index >= 15 is 0 Å². The second-order valence-corrected chi connectivity index (χ2v) is 10.9. The average Bonchev–Trinajstić information content (AvgIpc) is 3.48. The van der Waals surface area contributed by atoms with Crippen molar-refractivity contribution in [2.24, 2.45) is 10.8 Å². The molecule has 0 radical (unpaired) electrons. The van der Waals surface area contributed by atoms with Crippen LogP contribution in [0.4, 0.5) is 13.9 Å². The van der Waals surface area contributed by atoms with Crippen LogP contribution in [-0.4, -0.2) is 32.0 Å². The molecule has 7 nitrogen and oxygen atoms in total. The van der Waals surface area contributed by atoms with Crippen LogP contribution in [-0.2, 0) is 4.87 Å². The Morgan fingerprint density at radius 2 is 1.78 bits per heavy atom. The maximum Gasteiger partial charge on any atom is 0.230 e. The van der Waals surface area contributed by atoms with E-state index in [1.165, 1.54) is 23.1 Å². The third-order valence-corrected chi connectivity index (χ3v) is 8.20. The second-order valence-electron chi connectivity index (χ2n) is 8.50. The molecule has 37 heavy (non-hydrogen) atoms. The Bertz CT molecular complexity index is 1500. The number of nitrogens with zero attached hydrogens (tertiary/aromatic N) is 4. The molecule has 1 aliphatic heterocycles. The minimum atomic E-state index is -1.04. The number of anilines is 1. The van der Waals surface area contributed by atoms with Crippen molar-refractivity contribution in [2.75, 3.05) is 11.6 Å². The highest BCUT2D eigenvalue weighted by atomic mass is 32.2. The summed E-state index contributed by atoms with van der Waals surface area (Å²) < 4.78 is 29.1. The van der Waals surface area contributed by atoms with E-state index in [1.54, 1.807) is 41.4 Å². The standard InChI is InChI=1S/C26H23F2N5O2S2/c1-15-30-31-25(36-15)33-26(10-3-11-29,37-24(32-33)21-13-17(27)6-9-23(21)28)22-14-19(35)7-8-20(22)16-4-2-5-18(34)12-16/h2,4-9,12-14,34-35H,3,10-11,29H2,1H3. The quantitative estimate of drug-likeness (QED) is 0.276. The highest BCUT2D eigenvalue weighted by Gasteiger charge is 2.49. The molecule has 0 fully saturated rings. The van der Waals surface area contributed by atoms with Crippen molar-refractivity contribution in [3.63, 3.8) is 0 Å². The molecule has 0 aliphatic carbocycles. The van der Waals surface area contributed by atoms with Crippen LogP contribution in [0.5, 0.6) is 11.5 Å². The van der Waals surface area contributed by atoms with E-state index < -0.39 is 16.5 Å². The van der Waals surface area contributed by atoms with Crippen molar-refractivity contribution in [1.82, 2.24) is 10.2 Å². The summed E-state index contributed by atoms with van der Waals surface area (Å²) in [6, 6.07) is 15.0. The molecule has 0 amide bonds. The van der Waals surface area contributed by atoms with Gasteiger partial charge in [-0.05, 0) is 79.9 Å². The van der Waals surface area contributed by atoms with Gasteiger partial charge in [0.05, 0.1) is 0 Å². The van der Waals surface area contributed by atoms with Gasteiger partial charge in [0.2, 0.25) is 5.13 Å². The van der Waals surface area contributed by atoms with Gasteiger partial charge in [-0.15, -0.1) is 10.2 Å². The Kier molecular flexibility index (Phi) is 6.84. The fourth-order valence-corrected chi connectivity index (χ4v) is 6.53. The summed E-state index contributed by atoms with van der Waals surface area (Å²) in [5, 5.41) is 37.1. The van der Waals surface area contributed by atoms with Gasteiger partial charge in [0.25, 0.3) is 0 Å². The minimum Gasteiger partial charge on any atom is -0.508 e. The predicted octanol–water partition coefficient (Wildman–Crippen LogP) is 5.71. The van der Waals surface area contributed by atoms with Gasteiger partial charge in [-0.25, -0.2) is 13.8 Å². The van der Waals surface area contributed by atoms with Crippen molar-refractivity contribution < 1.29 is 19.0 Å². The zero-order valence-electron chi connectivity index (χ0n) is 19.7. The van der Waals surface area contributed by atoms with Gasteiger partial charge in [0.1, 0.15) is 38.1 Å². The predicted molar refractivity (Wildman–Crippen MR) is 143 cm³/mol. The Labute approximate surface area is 220 Å². The number of aryl methyl sites for hydroxylation is 1. The van der Waals surface area contributed by atoms with Gasteiger partial charge in [0, 0.05) is 11.1 Å². The van der Waals surface area contributed by atoms with Crippen molar-refractivity contribution in [3.05, 3.63) is 88.4 Å². The highest BCUT2D eigenvalue weighted by molar-refractivity contribution is 8.15. The maximum atomic E-state index is 14.9.